The first-order valence-electron chi connectivity index (χ1n) is 10.1. The molecule has 1 aliphatic rings. The van der Waals surface area contributed by atoms with Crippen molar-refractivity contribution in [2.45, 2.75) is 39.8 Å². The van der Waals surface area contributed by atoms with E-state index >= 15 is 0 Å². The Labute approximate surface area is 169 Å². The minimum atomic E-state index is -0.0673. The Morgan fingerprint density at radius 1 is 1.21 bits per heavy atom. The van der Waals surface area contributed by atoms with E-state index in [1.54, 1.807) is 4.57 Å². The molecule has 0 spiro atoms. The molecule has 1 aromatic carbocycles. The van der Waals surface area contributed by atoms with Gasteiger partial charge in [-0.3, -0.25) is 9.59 Å². The van der Waals surface area contributed by atoms with E-state index in [9.17, 15) is 9.59 Å². The molecule has 3 aromatic rings. The molecule has 0 atom stereocenters. The number of aryl methyl sites for hydroxylation is 2. The van der Waals surface area contributed by atoms with Gasteiger partial charge in [0.15, 0.2) is 5.82 Å². The summed E-state index contributed by atoms with van der Waals surface area (Å²) in [6, 6.07) is 11.5. The predicted molar refractivity (Wildman–Crippen MR) is 112 cm³/mol. The Kier molecular flexibility index (Phi) is 5.38. The summed E-state index contributed by atoms with van der Waals surface area (Å²) in [4.78, 5) is 32.1. The van der Waals surface area contributed by atoms with Crippen LogP contribution in [0, 0.1) is 12.8 Å². The van der Waals surface area contributed by atoms with Gasteiger partial charge in [-0.1, -0.05) is 12.1 Å². The van der Waals surface area contributed by atoms with Crippen LogP contribution >= 0.6 is 0 Å². The van der Waals surface area contributed by atoms with Crippen molar-refractivity contribution in [3.63, 3.8) is 0 Å². The fraction of sp³-hybridized carbons (Fsp3) is 0.409. The van der Waals surface area contributed by atoms with Gasteiger partial charge in [-0.05, 0) is 51.0 Å². The number of rotatable bonds is 5. The van der Waals surface area contributed by atoms with Gasteiger partial charge < -0.3 is 19.2 Å². The maximum Gasteiger partial charge on any atom is 0.293 e. The number of benzene rings is 1. The highest BCUT2D eigenvalue weighted by molar-refractivity contribution is 5.79. The van der Waals surface area contributed by atoms with Gasteiger partial charge in [0.25, 0.3) is 5.56 Å². The number of carbonyl (C=O) groups is 1. The first-order chi connectivity index (χ1) is 14.1. The van der Waals surface area contributed by atoms with Gasteiger partial charge in [-0.25, -0.2) is 4.98 Å². The highest BCUT2D eigenvalue weighted by Gasteiger charge is 2.27. The van der Waals surface area contributed by atoms with Crippen LogP contribution in [0.4, 0.5) is 5.82 Å². The molecular weight excluding hydrogens is 368 g/mol. The standard InChI is InChI=1S/C22H26N4O3/c1-3-26-19-7-5-4-6-18(19)24-20(22(26)28)25-12-10-16(11-13-25)21(27)23-14-17-9-8-15(2)29-17/h4-9,16H,3,10-14H2,1-2H3,(H,23,27). The normalized spacial score (nSPS) is 15.0. The van der Waals surface area contributed by atoms with Crippen molar-refractivity contribution < 1.29 is 9.21 Å². The molecule has 7 nitrogen and oxygen atoms in total. The fourth-order valence-electron chi connectivity index (χ4n) is 3.95. The summed E-state index contributed by atoms with van der Waals surface area (Å²) in [6.45, 7) is 6.13. The van der Waals surface area contributed by atoms with Crippen LogP contribution < -0.4 is 15.8 Å². The van der Waals surface area contributed by atoms with Gasteiger partial charge in [0.2, 0.25) is 5.91 Å². The monoisotopic (exact) mass is 394 g/mol. The molecule has 2 aromatic heterocycles. The average Bonchev–Trinajstić information content (AvgIpc) is 3.17. The second-order valence-corrected chi connectivity index (χ2v) is 7.47. The maximum atomic E-state index is 13.0. The Balaban J connectivity index is 1.43. The molecule has 152 valence electrons. The molecule has 1 saturated heterocycles. The van der Waals surface area contributed by atoms with Crippen LogP contribution in [0.25, 0.3) is 11.0 Å². The third-order valence-electron chi connectivity index (χ3n) is 5.55. The molecule has 1 fully saturated rings. The average molecular weight is 394 g/mol. The van der Waals surface area contributed by atoms with Gasteiger partial charge >= 0.3 is 0 Å². The van der Waals surface area contributed by atoms with Crippen molar-refractivity contribution in [3.8, 4) is 0 Å². The highest BCUT2D eigenvalue weighted by atomic mass is 16.3. The lowest BCUT2D eigenvalue weighted by Gasteiger charge is -2.32. The zero-order valence-electron chi connectivity index (χ0n) is 16.9. The van der Waals surface area contributed by atoms with Crippen LogP contribution in [0.5, 0.6) is 0 Å². The molecule has 0 aliphatic carbocycles. The van der Waals surface area contributed by atoms with Crippen molar-refractivity contribution >= 4 is 22.8 Å². The van der Waals surface area contributed by atoms with Crippen molar-refractivity contribution in [1.82, 2.24) is 14.9 Å². The number of amides is 1. The molecule has 1 amide bonds. The zero-order valence-corrected chi connectivity index (χ0v) is 16.9. The summed E-state index contributed by atoms with van der Waals surface area (Å²) < 4.78 is 7.26. The summed E-state index contributed by atoms with van der Waals surface area (Å²) in [7, 11) is 0. The van der Waals surface area contributed by atoms with Crippen LogP contribution in [0.2, 0.25) is 0 Å². The van der Waals surface area contributed by atoms with Gasteiger partial charge in [-0.2, -0.15) is 0 Å². The lowest BCUT2D eigenvalue weighted by Crippen LogP contribution is -2.43. The van der Waals surface area contributed by atoms with Crippen molar-refractivity contribution in [1.29, 1.82) is 0 Å². The van der Waals surface area contributed by atoms with E-state index in [1.165, 1.54) is 0 Å². The molecule has 1 aliphatic heterocycles. The number of piperidine rings is 1. The van der Waals surface area contributed by atoms with Gasteiger partial charge in [0.1, 0.15) is 11.5 Å². The van der Waals surface area contributed by atoms with E-state index in [-0.39, 0.29) is 17.4 Å². The van der Waals surface area contributed by atoms with Crippen LogP contribution in [0.1, 0.15) is 31.3 Å². The van der Waals surface area contributed by atoms with E-state index in [1.807, 2.05) is 55.1 Å². The molecule has 1 N–H and O–H groups in total. The van der Waals surface area contributed by atoms with E-state index in [4.69, 9.17) is 4.42 Å². The number of nitrogens with zero attached hydrogens (tertiary/aromatic N) is 3. The molecule has 4 rings (SSSR count). The molecule has 7 heteroatoms. The molecular formula is C22H26N4O3. The number of hydrogen-bond donors (Lipinski definition) is 1. The largest absolute Gasteiger partial charge is 0.465 e. The van der Waals surface area contributed by atoms with Crippen LogP contribution in [0.3, 0.4) is 0 Å². The molecule has 29 heavy (non-hydrogen) atoms. The molecule has 0 unspecified atom stereocenters. The summed E-state index contributed by atoms with van der Waals surface area (Å²) >= 11 is 0. The summed E-state index contributed by atoms with van der Waals surface area (Å²) in [5.74, 6) is 2.06. The number of hydrogen-bond acceptors (Lipinski definition) is 5. The SMILES string of the molecule is CCn1c(=O)c(N2CCC(C(=O)NCc3ccc(C)o3)CC2)nc2ccccc21. The first kappa shape index (κ1) is 19.2. The van der Waals surface area contributed by atoms with Gasteiger partial charge in [0.05, 0.1) is 17.6 Å². The number of anilines is 1. The van der Waals surface area contributed by atoms with E-state index in [2.05, 4.69) is 10.3 Å². The minimum Gasteiger partial charge on any atom is -0.465 e. The number of nitrogens with one attached hydrogen (secondary N) is 1. The second-order valence-electron chi connectivity index (χ2n) is 7.47. The Hall–Kier alpha value is -3.09. The third kappa shape index (κ3) is 3.90. The first-order valence-corrected chi connectivity index (χ1v) is 10.1. The summed E-state index contributed by atoms with van der Waals surface area (Å²) in [5, 5.41) is 2.96. The van der Waals surface area contributed by atoms with Crippen LogP contribution in [-0.2, 0) is 17.9 Å². The predicted octanol–water partition coefficient (Wildman–Crippen LogP) is 2.85. The van der Waals surface area contributed by atoms with E-state index in [0.717, 1.165) is 22.6 Å². The molecule has 0 bridgehead atoms. The zero-order chi connectivity index (χ0) is 20.4. The van der Waals surface area contributed by atoms with Crippen molar-refractivity contribution in [2.24, 2.45) is 5.92 Å². The number of aromatic nitrogens is 2. The van der Waals surface area contributed by atoms with Gasteiger partial charge in [0, 0.05) is 25.6 Å². The number of carbonyl (C=O) groups excluding carboxylic acids is 1. The fourth-order valence-corrected chi connectivity index (χ4v) is 3.95. The minimum absolute atomic E-state index is 0.0381. The van der Waals surface area contributed by atoms with Crippen LogP contribution in [0.15, 0.2) is 45.6 Å². The Morgan fingerprint density at radius 2 is 1.97 bits per heavy atom. The number of para-hydroxylation sites is 2. The number of furan rings is 1. The smallest absolute Gasteiger partial charge is 0.293 e. The lowest BCUT2D eigenvalue weighted by molar-refractivity contribution is -0.125. The quantitative estimate of drug-likeness (QED) is 0.720. The highest BCUT2D eigenvalue weighted by Crippen LogP contribution is 2.22. The molecule has 0 saturated carbocycles. The van der Waals surface area contributed by atoms with E-state index < -0.39 is 0 Å². The van der Waals surface area contributed by atoms with Gasteiger partial charge in [-0.15, -0.1) is 0 Å². The number of fused-ring (bicyclic) bond motifs is 1. The van der Waals surface area contributed by atoms with Crippen LogP contribution in [-0.4, -0.2) is 28.5 Å². The third-order valence-corrected chi connectivity index (χ3v) is 5.55. The maximum absolute atomic E-state index is 13.0. The second kappa shape index (κ2) is 8.11. The van der Waals surface area contributed by atoms with Crippen molar-refractivity contribution in [2.75, 3.05) is 18.0 Å². The Morgan fingerprint density at radius 3 is 2.66 bits per heavy atom. The Bertz CT molecular complexity index is 1080. The topological polar surface area (TPSA) is 80.4 Å². The van der Waals surface area contributed by atoms with E-state index in [0.29, 0.717) is 44.8 Å². The van der Waals surface area contributed by atoms with Crippen molar-refractivity contribution in [3.05, 3.63) is 58.3 Å². The summed E-state index contributed by atoms with van der Waals surface area (Å²) in [6.07, 6.45) is 1.40. The molecule has 3 heterocycles. The molecule has 0 radical (unpaired) electrons. The lowest BCUT2D eigenvalue weighted by atomic mass is 9.96. The summed E-state index contributed by atoms with van der Waals surface area (Å²) in [5.41, 5.74) is 1.60.